The highest BCUT2D eigenvalue weighted by Gasteiger charge is 2.20. The molecule has 0 aromatic heterocycles. The fourth-order valence-electron chi connectivity index (χ4n) is 1.86. The maximum atomic E-state index is 13.3. The Bertz CT molecular complexity index is 512. The van der Waals surface area contributed by atoms with E-state index in [1.807, 2.05) is 0 Å². The lowest BCUT2D eigenvalue weighted by Gasteiger charge is -2.13. The van der Waals surface area contributed by atoms with Gasteiger partial charge < -0.3 is 20.5 Å². The summed E-state index contributed by atoms with van der Waals surface area (Å²) < 4.78 is 18.7. The molecule has 0 spiro atoms. The van der Waals surface area contributed by atoms with Crippen molar-refractivity contribution < 1.29 is 19.0 Å². The highest BCUT2D eigenvalue weighted by atomic mass is 35.5. The molecule has 1 aliphatic carbocycles. The van der Waals surface area contributed by atoms with Crippen LogP contribution < -0.4 is 10.6 Å². The van der Waals surface area contributed by atoms with Crippen molar-refractivity contribution in [2.24, 2.45) is 5.92 Å². The number of urea groups is 1. The number of carbonyl (C=O) groups excluding carboxylic acids is 1. The molecule has 1 atom stereocenters. The van der Waals surface area contributed by atoms with Crippen LogP contribution in [-0.4, -0.2) is 37.4 Å². The monoisotopic (exact) mass is 330 g/mol. The molecule has 3 N–H and O–H groups in total. The number of hydrogen-bond donors (Lipinski definition) is 3. The third-order valence-electron chi connectivity index (χ3n) is 3.37. The van der Waals surface area contributed by atoms with Crippen LogP contribution in [0.1, 0.15) is 24.5 Å². The summed E-state index contributed by atoms with van der Waals surface area (Å²) in [5, 5.41) is 15.0. The van der Waals surface area contributed by atoms with Gasteiger partial charge in [0.15, 0.2) is 0 Å². The summed E-state index contributed by atoms with van der Waals surface area (Å²) >= 11 is 5.57. The van der Waals surface area contributed by atoms with E-state index in [4.69, 9.17) is 16.3 Å². The van der Waals surface area contributed by atoms with E-state index < -0.39 is 18.0 Å². The Labute approximate surface area is 133 Å². The van der Waals surface area contributed by atoms with Gasteiger partial charge >= 0.3 is 6.03 Å². The van der Waals surface area contributed by atoms with Crippen molar-refractivity contribution in [3.63, 3.8) is 0 Å². The van der Waals surface area contributed by atoms with Gasteiger partial charge in [-0.1, -0.05) is 17.7 Å². The first-order chi connectivity index (χ1) is 10.6. The topological polar surface area (TPSA) is 70.6 Å². The van der Waals surface area contributed by atoms with E-state index in [1.54, 1.807) is 0 Å². The number of benzene rings is 1. The van der Waals surface area contributed by atoms with Crippen LogP contribution in [0.3, 0.4) is 0 Å². The van der Waals surface area contributed by atoms with Crippen molar-refractivity contribution in [2.75, 3.05) is 26.3 Å². The molecule has 122 valence electrons. The zero-order chi connectivity index (χ0) is 15.9. The molecule has 0 aliphatic heterocycles. The number of amides is 2. The van der Waals surface area contributed by atoms with Gasteiger partial charge in [0.25, 0.3) is 0 Å². The van der Waals surface area contributed by atoms with Gasteiger partial charge in [-0.3, -0.25) is 0 Å². The first-order valence-corrected chi connectivity index (χ1v) is 7.66. The number of ether oxygens (including phenoxy) is 1. The minimum absolute atomic E-state index is 0.00662. The predicted octanol–water partition coefficient (Wildman–Crippen LogP) is 2.24. The van der Waals surface area contributed by atoms with Crippen molar-refractivity contribution in [1.29, 1.82) is 0 Å². The molecule has 1 fully saturated rings. The normalized spacial score (nSPS) is 15.4. The zero-order valence-corrected chi connectivity index (χ0v) is 12.9. The highest BCUT2D eigenvalue weighted by Crippen LogP contribution is 2.28. The van der Waals surface area contributed by atoms with Crippen LogP contribution in [-0.2, 0) is 4.74 Å². The van der Waals surface area contributed by atoms with Gasteiger partial charge in [-0.05, 0) is 36.5 Å². The molecule has 1 aromatic rings. The second-order valence-electron chi connectivity index (χ2n) is 5.34. The molecule has 22 heavy (non-hydrogen) atoms. The lowest BCUT2D eigenvalue weighted by Crippen LogP contribution is -2.39. The smallest absolute Gasteiger partial charge is 0.314 e. The summed E-state index contributed by atoms with van der Waals surface area (Å²) in [6, 6.07) is 3.63. The van der Waals surface area contributed by atoms with Gasteiger partial charge in [0.05, 0.1) is 17.7 Å². The second kappa shape index (κ2) is 8.31. The van der Waals surface area contributed by atoms with E-state index in [0.29, 0.717) is 24.6 Å². The molecule has 2 rings (SSSR count). The molecule has 1 aliphatic rings. The van der Waals surface area contributed by atoms with Gasteiger partial charge in [-0.15, -0.1) is 0 Å². The van der Waals surface area contributed by atoms with Crippen LogP contribution in [0.15, 0.2) is 18.2 Å². The van der Waals surface area contributed by atoms with Crippen molar-refractivity contribution in [2.45, 2.75) is 18.9 Å². The van der Waals surface area contributed by atoms with E-state index in [9.17, 15) is 14.3 Å². The van der Waals surface area contributed by atoms with Crippen molar-refractivity contribution >= 4 is 17.6 Å². The third kappa shape index (κ3) is 5.79. The summed E-state index contributed by atoms with van der Waals surface area (Å²) in [4.78, 5) is 11.5. The van der Waals surface area contributed by atoms with E-state index >= 15 is 0 Å². The van der Waals surface area contributed by atoms with Crippen LogP contribution in [0.5, 0.6) is 0 Å². The average Bonchev–Trinajstić information content (AvgIpc) is 3.31. The molecule has 1 saturated carbocycles. The van der Waals surface area contributed by atoms with Crippen LogP contribution in [0, 0.1) is 11.7 Å². The Hall–Kier alpha value is -1.37. The Balaban J connectivity index is 1.60. The maximum Gasteiger partial charge on any atom is 0.314 e. The molecule has 7 heteroatoms. The predicted molar refractivity (Wildman–Crippen MR) is 81.3 cm³/mol. The summed E-state index contributed by atoms with van der Waals surface area (Å²) in [6.45, 7) is 1.61. The van der Waals surface area contributed by atoms with Crippen LogP contribution in [0.25, 0.3) is 0 Å². The molecular formula is C15H20ClFN2O3. The number of nitrogens with one attached hydrogen (secondary N) is 2. The van der Waals surface area contributed by atoms with Crippen molar-refractivity contribution in [1.82, 2.24) is 10.6 Å². The Morgan fingerprint density at radius 1 is 1.45 bits per heavy atom. The number of hydrogen-bond acceptors (Lipinski definition) is 3. The Kier molecular flexibility index (Phi) is 6.42. The van der Waals surface area contributed by atoms with Gasteiger partial charge in [-0.2, -0.15) is 0 Å². The van der Waals surface area contributed by atoms with Crippen molar-refractivity contribution in [3.8, 4) is 0 Å². The van der Waals surface area contributed by atoms with E-state index in [0.717, 1.165) is 12.7 Å². The molecule has 5 nitrogen and oxygen atoms in total. The molecule has 0 bridgehead atoms. The molecule has 1 unspecified atom stereocenters. The summed E-state index contributed by atoms with van der Waals surface area (Å²) in [6.07, 6.45) is 1.47. The van der Waals surface area contributed by atoms with Crippen LogP contribution >= 0.6 is 11.6 Å². The van der Waals surface area contributed by atoms with E-state index in [2.05, 4.69) is 10.6 Å². The minimum atomic E-state index is -0.997. The zero-order valence-electron chi connectivity index (χ0n) is 12.1. The number of aliphatic hydroxyl groups is 1. The minimum Gasteiger partial charge on any atom is -0.387 e. The maximum absolute atomic E-state index is 13.3. The number of carbonyl (C=O) groups is 1. The lowest BCUT2D eigenvalue weighted by molar-refractivity contribution is 0.126. The van der Waals surface area contributed by atoms with Gasteiger partial charge in [0.2, 0.25) is 0 Å². The SMILES string of the molecule is O=C(NCCOCC1CC1)NCC(O)c1ccc(Cl)c(F)c1. The van der Waals surface area contributed by atoms with Crippen LogP contribution in [0.4, 0.5) is 9.18 Å². The number of halogens is 2. The molecule has 0 heterocycles. The molecule has 1 aromatic carbocycles. The largest absolute Gasteiger partial charge is 0.387 e. The number of rotatable bonds is 8. The highest BCUT2D eigenvalue weighted by molar-refractivity contribution is 6.30. The summed E-state index contributed by atoms with van der Waals surface area (Å²) in [5.41, 5.74) is 0.356. The fourth-order valence-corrected chi connectivity index (χ4v) is 1.98. The third-order valence-corrected chi connectivity index (χ3v) is 3.67. The van der Waals surface area contributed by atoms with E-state index in [-0.39, 0.29) is 11.6 Å². The fraction of sp³-hybridized carbons (Fsp3) is 0.533. The lowest BCUT2D eigenvalue weighted by atomic mass is 10.1. The second-order valence-corrected chi connectivity index (χ2v) is 5.75. The van der Waals surface area contributed by atoms with Gasteiger partial charge in [0, 0.05) is 19.7 Å². The quantitative estimate of drug-likeness (QED) is 0.640. The summed E-state index contributed by atoms with van der Waals surface area (Å²) in [5.74, 6) is 0.0965. The first kappa shape index (κ1) is 17.0. The Morgan fingerprint density at radius 2 is 2.23 bits per heavy atom. The Morgan fingerprint density at radius 3 is 2.91 bits per heavy atom. The van der Waals surface area contributed by atoms with Gasteiger partial charge in [-0.25, -0.2) is 9.18 Å². The van der Waals surface area contributed by atoms with Crippen molar-refractivity contribution in [3.05, 3.63) is 34.6 Å². The average molecular weight is 331 g/mol. The van der Waals surface area contributed by atoms with E-state index in [1.165, 1.54) is 25.0 Å². The number of aliphatic hydroxyl groups excluding tert-OH is 1. The molecule has 0 radical (unpaired) electrons. The first-order valence-electron chi connectivity index (χ1n) is 7.28. The van der Waals surface area contributed by atoms with Crippen LogP contribution in [0.2, 0.25) is 5.02 Å². The standard InChI is InChI=1S/C15H20ClFN2O3/c16-12-4-3-11(7-13(12)17)14(20)8-19-15(21)18-5-6-22-9-10-1-2-10/h3-4,7,10,14,20H,1-2,5-6,8-9H2,(H2,18,19,21). The van der Waals surface area contributed by atoms with Gasteiger partial charge in [0.1, 0.15) is 5.82 Å². The molecule has 0 saturated heterocycles. The summed E-state index contributed by atoms with van der Waals surface area (Å²) in [7, 11) is 0. The molecule has 2 amide bonds. The molecular weight excluding hydrogens is 311 g/mol.